The van der Waals surface area contributed by atoms with Crippen LogP contribution in [0.5, 0.6) is 5.75 Å². The van der Waals surface area contributed by atoms with E-state index in [1.807, 2.05) is 12.1 Å². The zero-order chi connectivity index (χ0) is 12.8. The number of rotatable bonds is 5. The highest BCUT2D eigenvalue weighted by molar-refractivity contribution is 5.80. The van der Waals surface area contributed by atoms with Crippen molar-refractivity contribution in [1.29, 1.82) is 0 Å². The molecule has 98 valence electrons. The summed E-state index contributed by atoms with van der Waals surface area (Å²) in [5.74, 6) is 1.17. The predicted molar refractivity (Wildman–Crippen MR) is 73.7 cm³/mol. The van der Waals surface area contributed by atoms with Crippen LogP contribution in [0.25, 0.3) is 0 Å². The van der Waals surface area contributed by atoms with Gasteiger partial charge in [0.2, 0.25) is 0 Å². The van der Waals surface area contributed by atoms with E-state index < -0.39 is 0 Å². The van der Waals surface area contributed by atoms with Crippen LogP contribution in [0.3, 0.4) is 0 Å². The van der Waals surface area contributed by atoms with Gasteiger partial charge in [0, 0.05) is 12.6 Å². The molecule has 3 N–H and O–H groups in total. The molecule has 1 aromatic carbocycles. The molecule has 0 aliphatic heterocycles. The number of benzene rings is 1. The van der Waals surface area contributed by atoms with Crippen LogP contribution < -0.4 is 10.6 Å². The molecule has 0 saturated heterocycles. The molecule has 0 unspecified atom stereocenters. The van der Waals surface area contributed by atoms with Gasteiger partial charge in [0.1, 0.15) is 5.75 Å². The fourth-order valence-electron chi connectivity index (χ4n) is 1.64. The second kappa shape index (κ2) is 6.28. The standard InChI is InChI=1S/C14H21N3O/c1-2-8-15-14(17-12-6-7-12)16-10-11-4-3-5-13(18)9-11/h3-5,9,12,18H,2,6-8,10H2,1H3,(H2,15,16,17). The van der Waals surface area contributed by atoms with E-state index >= 15 is 0 Å². The van der Waals surface area contributed by atoms with Crippen LogP contribution >= 0.6 is 0 Å². The highest BCUT2D eigenvalue weighted by Crippen LogP contribution is 2.18. The molecule has 1 aromatic rings. The second-order valence-corrected chi connectivity index (χ2v) is 4.68. The number of nitrogens with one attached hydrogen (secondary N) is 2. The Morgan fingerprint density at radius 3 is 2.94 bits per heavy atom. The number of aliphatic imine (C=N–C) groups is 1. The van der Waals surface area contributed by atoms with E-state index in [-0.39, 0.29) is 0 Å². The minimum absolute atomic E-state index is 0.293. The van der Waals surface area contributed by atoms with Crippen molar-refractivity contribution in [2.45, 2.75) is 38.8 Å². The molecule has 0 amide bonds. The molecule has 0 bridgehead atoms. The largest absolute Gasteiger partial charge is 0.508 e. The van der Waals surface area contributed by atoms with E-state index in [1.54, 1.807) is 12.1 Å². The van der Waals surface area contributed by atoms with E-state index in [2.05, 4.69) is 22.5 Å². The lowest BCUT2D eigenvalue weighted by Crippen LogP contribution is -2.39. The average Bonchev–Trinajstić information content (AvgIpc) is 3.17. The summed E-state index contributed by atoms with van der Waals surface area (Å²) in [6.45, 7) is 3.65. The second-order valence-electron chi connectivity index (χ2n) is 4.68. The average molecular weight is 247 g/mol. The molecule has 4 nitrogen and oxygen atoms in total. The first-order valence-electron chi connectivity index (χ1n) is 6.60. The fourth-order valence-corrected chi connectivity index (χ4v) is 1.64. The van der Waals surface area contributed by atoms with Crippen molar-refractivity contribution in [3.8, 4) is 5.75 Å². The lowest BCUT2D eigenvalue weighted by molar-refractivity contribution is 0.474. The lowest BCUT2D eigenvalue weighted by atomic mass is 10.2. The number of phenols is 1. The minimum Gasteiger partial charge on any atom is -0.508 e. The van der Waals surface area contributed by atoms with Crippen molar-refractivity contribution >= 4 is 5.96 Å². The van der Waals surface area contributed by atoms with Crippen LogP contribution in [-0.4, -0.2) is 23.7 Å². The van der Waals surface area contributed by atoms with E-state index in [4.69, 9.17) is 0 Å². The molecule has 2 rings (SSSR count). The maximum atomic E-state index is 9.40. The summed E-state index contributed by atoms with van der Waals surface area (Å²) in [5, 5.41) is 16.1. The summed E-state index contributed by atoms with van der Waals surface area (Å²) < 4.78 is 0. The van der Waals surface area contributed by atoms with Crippen LogP contribution in [0.15, 0.2) is 29.3 Å². The zero-order valence-corrected chi connectivity index (χ0v) is 10.8. The van der Waals surface area contributed by atoms with Crippen molar-refractivity contribution in [2.24, 2.45) is 4.99 Å². The third-order valence-corrected chi connectivity index (χ3v) is 2.79. The Hall–Kier alpha value is -1.71. The van der Waals surface area contributed by atoms with Crippen LogP contribution in [0.4, 0.5) is 0 Å². The monoisotopic (exact) mass is 247 g/mol. The number of hydrogen-bond acceptors (Lipinski definition) is 2. The molecule has 18 heavy (non-hydrogen) atoms. The maximum absolute atomic E-state index is 9.40. The Labute approximate surface area is 108 Å². The van der Waals surface area contributed by atoms with E-state index in [9.17, 15) is 5.11 Å². The Morgan fingerprint density at radius 1 is 1.44 bits per heavy atom. The summed E-state index contributed by atoms with van der Waals surface area (Å²) in [7, 11) is 0. The van der Waals surface area contributed by atoms with Gasteiger partial charge >= 0.3 is 0 Å². The quantitative estimate of drug-likeness (QED) is 0.551. The molecule has 4 heteroatoms. The van der Waals surface area contributed by atoms with Crippen molar-refractivity contribution in [3.63, 3.8) is 0 Å². The molecule has 1 fully saturated rings. The smallest absolute Gasteiger partial charge is 0.191 e. The highest BCUT2D eigenvalue weighted by atomic mass is 16.3. The first kappa shape index (κ1) is 12.7. The van der Waals surface area contributed by atoms with E-state index in [0.29, 0.717) is 18.3 Å². The number of nitrogens with zero attached hydrogens (tertiary/aromatic N) is 1. The minimum atomic E-state index is 0.293. The van der Waals surface area contributed by atoms with Crippen LogP contribution in [0.1, 0.15) is 31.7 Å². The molecule has 0 atom stereocenters. The van der Waals surface area contributed by atoms with Gasteiger partial charge in [-0.15, -0.1) is 0 Å². The Morgan fingerprint density at radius 2 is 2.28 bits per heavy atom. The van der Waals surface area contributed by atoms with Gasteiger partial charge in [-0.3, -0.25) is 0 Å². The maximum Gasteiger partial charge on any atom is 0.191 e. The van der Waals surface area contributed by atoms with Gasteiger partial charge in [0.25, 0.3) is 0 Å². The topological polar surface area (TPSA) is 56.7 Å². The van der Waals surface area contributed by atoms with Gasteiger partial charge in [-0.1, -0.05) is 19.1 Å². The molecule has 1 aliphatic carbocycles. The van der Waals surface area contributed by atoms with E-state index in [1.165, 1.54) is 12.8 Å². The SMILES string of the molecule is CCCNC(=NCc1cccc(O)c1)NC1CC1. The molecule has 1 saturated carbocycles. The third kappa shape index (κ3) is 4.28. The van der Waals surface area contributed by atoms with Crippen molar-refractivity contribution in [2.75, 3.05) is 6.54 Å². The molecule has 0 radical (unpaired) electrons. The van der Waals surface area contributed by atoms with Gasteiger partial charge in [0.15, 0.2) is 5.96 Å². The molecular weight excluding hydrogens is 226 g/mol. The van der Waals surface area contributed by atoms with Crippen molar-refractivity contribution < 1.29 is 5.11 Å². The summed E-state index contributed by atoms with van der Waals surface area (Å²) in [4.78, 5) is 4.54. The molecule has 0 heterocycles. The first-order chi connectivity index (χ1) is 8.78. The Bertz CT molecular complexity index is 413. The van der Waals surface area contributed by atoms with Gasteiger partial charge in [-0.05, 0) is 37.0 Å². The van der Waals surface area contributed by atoms with Crippen molar-refractivity contribution in [3.05, 3.63) is 29.8 Å². The Balaban J connectivity index is 1.93. The first-order valence-corrected chi connectivity index (χ1v) is 6.60. The molecule has 1 aliphatic rings. The number of aromatic hydroxyl groups is 1. The van der Waals surface area contributed by atoms with Crippen LogP contribution in [0, 0.1) is 0 Å². The summed E-state index contributed by atoms with van der Waals surface area (Å²) in [5.41, 5.74) is 1.02. The van der Waals surface area contributed by atoms with Gasteiger partial charge in [0.05, 0.1) is 6.54 Å². The fraction of sp³-hybridized carbons (Fsp3) is 0.500. The number of guanidine groups is 1. The van der Waals surface area contributed by atoms with Crippen LogP contribution in [-0.2, 0) is 6.54 Å². The van der Waals surface area contributed by atoms with E-state index in [0.717, 1.165) is 24.5 Å². The normalized spacial score (nSPS) is 15.5. The Kier molecular flexibility index (Phi) is 4.45. The molecular formula is C14H21N3O. The highest BCUT2D eigenvalue weighted by Gasteiger charge is 2.22. The molecule has 0 aromatic heterocycles. The van der Waals surface area contributed by atoms with Gasteiger partial charge in [-0.2, -0.15) is 0 Å². The lowest BCUT2D eigenvalue weighted by Gasteiger charge is -2.11. The number of hydrogen-bond donors (Lipinski definition) is 3. The summed E-state index contributed by atoms with van der Waals surface area (Å²) >= 11 is 0. The summed E-state index contributed by atoms with van der Waals surface area (Å²) in [6, 6.07) is 7.83. The van der Waals surface area contributed by atoms with Gasteiger partial charge < -0.3 is 15.7 Å². The molecule has 0 spiro atoms. The van der Waals surface area contributed by atoms with Gasteiger partial charge in [-0.25, -0.2) is 4.99 Å². The zero-order valence-electron chi connectivity index (χ0n) is 10.8. The van der Waals surface area contributed by atoms with Crippen LogP contribution in [0.2, 0.25) is 0 Å². The third-order valence-electron chi connectivity index (χ3n) is 2.79. The predicted octanol–water partition coefficient (Wildman–Crippen LogP) is 2.00. The van der Waals surface area contributed by atoms with Crippen molar-refractivity contribution in [1.82, 2.24) is 10.6 Å². The summed E-state index contributed by atoms with van der Waals surface area (Å²) in [6.07, 6.45) is 3.55. The number of phenolic OH excluding ortho intramolecular Hbond substituents is 1.